The van der Waals surface area contributed by atoms with Crippen LogP contribution in [0, 0.1) is 29.1 Å². The van der Waals surface area contributed by atoms with Crippen molar-refractivity contribution in [3.63, 3.8) is 0 Å². The van der Waals surface area contributed by atoms with Crippen LogP contribution in [-0.4, -0.2) is 6.61 Å². The van der Waals surface area contributed by atoms with Crippen molar-refractivity contribution in [2.45, 2.75) is 32.8 Å². The van der Waals surface area contributed by atoms with Crippen molar-refractivity contribution in [1.29, 1.82) is 0 Å². The normalized spacial score (nSPS) is 11.5. The van der Waals surface area contributed by atoms with Gasteiger partial charge >= 0.3 is 6.61 Å². The second-order valence-electron chi connectivity index (χ2n) is 8.03. The lowest BCUT2D eigenvalue weighted by Crippen LogP contribution is -2.06. The average Bonchev–Trinajstić information content (AvgIpc) is 2.80. The van der Waals surface area contributed by atoms with Crippen LogP contribution >= 0.6 is 0 Å². The molecular formula is C27H19F7O. The van der Waals surface area contributed by atoms with Gasteiger partial charge in [0.05, 0.1) is 5.56 Å². The van der Waals surface area contributed by atoms with Crippen LogP contribution in [0.1, 0.15) is 23.6 Å². The number of halogens is 7. The lowest BCUT2D eigenvalue weighted by Gasteiger charge is -2.12. The first-order valence-corrected chi connectivity index (χ1v) is 10.8. The third-order valence-corrected chi connectivity index (χ3v) is 5.78. The molecule has 0 aliphatic rings. The van der Waals surface area contributed by atoms with Crippen LogP contribution in [0.15, 0.2) is 54.6 Å². The number of alkyl halides is 2. The lowest BCUT2D eigenvalue weighted by molar-refractivity contribution is -0.0546. The summed E-state index contributed by atoms with van der Waals surface area (Å²) in [5.74, 6) is -5.72. The minimum Gasteiger partial charge on any atom is -0.429 e. The van der Waals surface area contributed by atoms with Crippen molar-refractivity contribution >= 4 is 10.8 Å². The van der Waals surface area contributed by atoms with Crippen LogP contribution in [0.3, 0.4) is 0 Å². The first kappa shape index (κ1) is 24.6. The maximum absolute atomic E-state index is 15.1. The number of hydrogen-bond donors (Lipinski definition) is 0. The number of ether oxygens (including phenoxy) is 1. The van der Waals surface area contributed by atoms with Gasteiger partial charge in [0.15, 0.2) is 17.4 Å². The average molecular weight is 492 g/mol. The van der Waals surface area contributed by atoms with E-state index in [4.69, 9.17) is 0 Å². The number of aryl methyl sites for hydroxylation is 3. The molecule has 0 fully saturated rings. The summed E-state index contributed by atoms with van der Waals surface area (Å²) in [6.45, 7) is -1.59. The Kier molecular flexibility index (Phi) is 7.00. The lowest BCUT2D eigenvalue weighted by atomic mass is 9.96. The van der Waals surface area contributed by atoms with Gasteiger partial charge in [-0.15, -0.1) is 0 Å². The predicted molar refractivity (Wildman–Crippen MR) is 119 cm³/mol. The largest absolute Gasteiger partial charge is 0.429 e. The molecule has 0 bridgehead atoms. The maximum Gasteiger partial charge on any atom is 0.387 e. The molecule has 0 aliphatic heterocycles. The van der Waals surface area contributed by atoms with Gasteiger partial charge in [-0.25, -0.2) is 22.0 Å². The highest BCUT2D eigenvalue weighted by atomic mass is 19.3. The van der Waals surface area contributed by atoms with Crippen molar-refractivity contribution < 1.29 is 35.5 Å². The van der Waals surface area contributed by atoms with Gasteiger partial charge in [0.2, 0.25) is 0 Å². The summed E-state index contributed by atoms with van der Waals surface area (Å²) >= 11 is 0. The Morgan fingerprint density at radius 3 is 1.94 bits per heavy atom. The van der Waals surface area contributed by atoms with E-state index in [1.54, 1.807) is 13.0 Å². The molecule has 0 aliphatic carbocycles. The molecule has 35 heavy (non-hydrogen) atoms. The van der Waals surface area contributed by atoms with E-state index < -0.39 is 41.4 Å². The van der Waals surface area contributed by atoms with Crippen molar-refractivity contribution in [1.82, 2.24) is 0 Å². The van der Waals surface area contributed by atoms with E-state index in [9.17, 15) is 26.3 Å². The predicted octanol–water partition coefficient (Wildman–Crippen LogP) is 8.15. The van der Waals surface area contributed by atoms with Crippen molar-refractivity contribution in [2.24, 2.45) is 0 Å². The smallest absolute Gasteiger partial charge is 0.387 e. The van der Waals surface area contributed by atoms with Gasteiger partial charge in [-0.05, 0) is 77.2 Å². The fourth-order valence-corrected chi connectivity index (χ4v) is 4.03. The summed E-state index contributed by atoms with van der Waals surface area (Å²) in [5, 5.41) is 0.642. The number of benzene rings is 4. The summed E-state index contributed by atoms with van der Waals surface area (Å²) in [5.41, 5.74) is 0.981. The zero-order valence-electron chi connectivity index (χ0n) is 18.4. The third kappa shape index (κ3) is 5.11. The molecule has 0 N–H and O–H groups in total. The third-order valence-electron chi connectivity index (χ3n) is 5.78. The summed E-state index contributed by atoms with van der Waals surface area (Å²) in [6.07, 6.45) is 0.579. The molecule has 4 aromatic rings. The van der Waals surface area contributed by atoms with E-state index in [1.807, 2.05) is 0 Å². The Balaban J connectivity index is 1.59. The van der Waals surface area contributed by atoms with Gasteiger partial charge < -0.3 is 4.74 Å². The zero-order valence-corrected chi connectivity index (χ0v) is 18.4. The van der Waals surface area contributed by atoms with E-state index in [1.165, 1.54) is 36.4 Å². The molecule has 1 nitrogen and oxygen atoms in total. The molecule has 0 radical (unpaired) electrons. The van der Waals surface area contributed by atoms with Crippen molar-refractivity contribution in [2.75, 3.05) is 0 Å². The van der Waals surface area contributed by atoms with Crippen LogP contribution in [0.5, 0.6) is 5.75 Å². The number of hydrogen-bond acceptors (Lipinski definition) is 1. The first-order valence-electron chi connectivity index (χ1n) is 10.8. The van der Waals surface area contributed by atoms with Gasteiger partial charge in [-0.2, -0.15) is 8.78 Å². The molecule has 0 spiro atoms. The summed E-state index contributed by atoms with van der Waals surface area (Å²) in [6, 6.07) is 11.7. The molecule has 0 atom stereocenters. The van der Waals surface area contributed by atoms with Crippen molar-refractivity contribution in [3.05, 3.63) is 100 Å². The summed E-state index contributed by atoms with van der Waals surface area (Å²) in [7, 11) is 0. The molecule has 4 rings (SSSR count). The maximum atomic E-state index is 15.1. The van der Waals surface area contributed by atoms with Crippen LogP contribution in [0.2, 0.25) is 0 Å². The topological polar surface area (TPSA) is 9.23 Å². The van der Waals surface area contributed by atoms with Crippen LogP contribution in [0.4, 0.5) is 30.7 Å². The highest BCUT2D eigenvalue weighted by molar-refractivity contribution is 5.88. The Morgan fingerprint density at radius 2 is 1.34 bits per heavy atom. The molecule has 0 unspecified atom stereocenters. The fraction of sp³-hybridized carbons (Fsp3) is 0.185. The van der Waals surface area contributed by atoms with Crippen molar-refractivity contribution in [3.8, 4) is 16.9 Å². The monoisotopic (exact) mass is 492 g/mol. The van der Waals surface area contributed by atoms with E-state index in [-0.39, 0.29) is 40.5 Å². The number of fused-ring (bicyclic) bond motifs is 1. The van der Waals surface area contributed by atoms with E-state index in [2.05, 4.69) is 4.74 Å². The molecule has 0 saturated carbocycles. The minimum atomic E-state index is -3.37. The van der Waals surface area contributed by atoms with Gasteiger partial charge in [0.25, 0.3) is 0 Å². The van der Waals surface area contributed by atoms with Gasteiger partial charge in [-0.1, -0.05) is 31.2 Å². The second kappa shape index (κ2) is 9.98. The van der Waals surface area contributed by atoms with Crippen LogP contribution < -0.4 is 4.74 Å². The Bertz CT molecular complexity index is 1350. The van der Waals surface area contributed by atoms with Crippen LogP contribution in [-0.2, 0) is 19.3 Å². The quantitative estimate of drug-likeness (QED) is 0.237. The first-order chi connectivity index (χ1) is 16.7. The highest BCUT2D eigenvalue weighted by Gasteiger charge is 2.18. The molecule has 8 heteroatoms. The minimum absolute atomic E-state index is 0.0313. The van der Waals surface area contributed by atoms with Gasteiger partial charge in [0, 0.05) is 5.39 Å². The SMILES string of the molecule is CCc1cc(F)c(-c2ccc3c(F)c(CCc4cc(F)c(OC(F)F)c(F)c4)ccc3c2)c(F)c1. The molecular weight excluding hydrogens is 473 g/mol. The Labute approximate surface area is 196 Å². The Hall–Kier alpha value is -3.55. The number of rotatable bonds is 7. The van der Waals surface area contributed by atoms with Crippen LogP contribution in [0.25, 0.3) is 21.9 Å². The molecule has 182 valence electrons. The van der Waals surface area contributed by atoms with Gasteiger partial charge in [0.1, 0.15) is 17.5 Å². The van der Waals surface area contributed by atoms with E-state index in [0.717, 1.165) is 12.1 Å². The summed E-state index contributed by atoms with van der Waals surface area (Å²) < 4.78 is 100. The molecule has 0 aromatic heterocycles. The standard InChI is InChI=1S/C27H19F7O/c1-2-14-9-20(28)24(21(29)10-14)18-7-8-19-17(13-18)6-5-16(25(19)32)4-3-15-11-22(30)26(23(31)12-15)35-27(33)34/h5-13,27H,2-4H2,1H3. The fourth-order valence-electron chi connectivity index (χ4n) is 4.03. The highest BCUT2D eigenvalue weighted by Crippen LogP contribution is 2.32. The zero-order chi connectivity index (χ0) is 25.3. The second-order valence-corrected chi connectivity index (χ2v) is 8.03. The van der Waals surface area contributed by atoms with Gasteiger partial charge in [-0.3, -0.25) is 0 Å². The van der Waals surface area contributed by atoms with E-state index in [0.29, 0.717) is 17.4 Å². The molecule has 4 aromatic carbocycles. The molecule has 0 amide bonds. The van der Waals surface area contributed by atoms with E-state index >= 15 is 4.39 Å². The summed E-state index contributed by atoms with van der Waals surface area (Å²) in [4.78, 5) is 0. The Morgan fingerprint density at radius 1 is 0.714 bits per heavy atom. The molecule has 0 heterocycles. The molecule has 0 saturated heterocycles.